The molecule has 0 N–H and O–H groups in total. The van der Waals surface area contributed by atoms with E-state index in [0.717, 1.165) is 12.5 Å². The molecule has 2 nitrogen and oxygen atoms in total. The van der Waals surface area contributed by atoms with Crippen molar-refractivity contribution in [2.75, 3.05) is 14.2 Å². The van der Waals surface area contributed by atoms with E-state index in [4.69, 9.17) is 8.85 Å². The van der Waals surface area contributed by atoms with E-state index in [1.165, 1.54) is 0 Å². The highest BCUT2D eigenvalue weighted by atomic mass is 28.3. The summed E-state index contributed by atoms with van der Waals surface area (Å²) in [5.74, 6) is 0. The molecular formula is C7H16O2Si. The zero-order valence-electron chi connectivity index (χ0n) is 6.96. The molecule has 3 heteroatoms. The van der Waals surface area contributed by atoms with Crippen LogP contribution in [0.2, 0.25) is 6.04 Å². The maximum Gasteiger partial charge on any atom is 0.321 e. The molecule has 10 heavy (non-hydrogen) atoms. The molecule has 0 bridgehead atoms. The molecule has 0 saturated heterocycles. The van der Waals surface area contributed by atoms with E-state index in [1.807, 2.05) is 6.92 Å². The highest BCUT2D eigenvalue weighted by Crippen LogP contribution is 1.99. The molecule has 0 heterocycles. The molecule has 0 aliphatic carbocycles. The van der Waals surface area contributed by atoms with Crippen LogP contribution >= 0.6 is 0 Å². The zero-order chi connectivity index (χ0) is 7.82. The summed E-state index contributed by atoms with van der Waals surface area (Å²) >= 11 is 0. The molecular weight excluding hydrogens is 144 g/mol. The number of allylic oxidation sites excluding steroid dienone is 2. The third-order valence-electron chi connectivity index (χ3n) is 1.33. The lowest BCUT2D eigenvalue weighted by Crippen LogP contribution is -2.17. The third-order valence-corrected chi connectivity index (χ3v) is 3.19. The van der Waals surface area contributed by atoms with Crippen LogP contribution in [0.3, 0.4) is 0 Å². The summed E-state index contributed by atoms with van der Waals surface area (Å²) in [7, 11) is 2.16. The van der Waals surface area contributed by atoms with Gasteiger partial charge in [0.05, 0.1) is 0 Å². The van der Waals surface area contributed by atoms with Crippen molar-refractivity contribution >= 4 is 9.28 Å². The molecule has 0 aliphatic heterocycles. The van der Waals surface area contributed by atoms with Crippen molar-refractivity contribution in [3.63, 3.8) is 0 Å². The third kappa shape index (κ3) is 4.73. The van der Waals surface area contributed by atoms with Crippen LogP contribution in [0.25, 0.3) is 0 Å². The van der Waals surface area contributed by atoms with Crippen molar-refractivity contribution in [1.29, 1.82) is 0 Å². The summed E-state index contributed by atoms with van der Waals surface area (Å²) in [5, 5.41) is 0. The first-order chi connectivity index (χ1) is 4.85. The van der Waals surface area contributed by atoms with Crippen LogP contribution in [0.4, 0.5) is 0 Å². The lowest BCUT2D eigenvalue weighted by molar-refractivity contribution is 0.278. The Bertz CT molecular complexity index is 89.6. The summed E-state index contributed by atoms with van der Waals surface area (Å²) in [6, 6.07) is 1.07. The van der Waals surface area contributed by atoms with Crippen LogP contribution in [-0.2, 0) is 8.85 Å². The Hall–Kier alpha value is -0.123. The molecule has 0 aromatic carbocycles. The molecule has 0 aromatic heterocycles. The van der Waals surface area contributed by atoms with Crippen LogP contribution in [-0.4, -0.2) is 23.5 Å². The summed E-state index contributed by atoms with van der Waals surface area (Å²) in [5.41, 5.74) is 0. The van der Waals surface area contributed by atoms with Gasteiger partial charge in [0, 0.05) is 14.2 Å². The highest BCUT2D eigenvalue weighted by molar-refractivity contribution is 6.44. The van der Waals surface area contributed by atoms with Crippen molar-refractivity contribution in [2.45, 2.75) is 19.4 Å². The average molecular weight is 160 g/mol. The summed E-state index contributed by atoms with van der Waals surface area (Å²) in [6.07, 6.45) is 5.27. The first-order valence-electron chi connectivity index (χ1n) is 3.52. The standard InChI is InChI=1S/C7H16O2Si/c1-4-5-6-7-10(8-2)9-3/h4-5,10H,6-7H2,1-3H3. The predicted octanol–water partition coefficient (Wildman–Crippen LogP) is 1.47. The van der Waals surface area contributed by atoms with Gasteiger partial charge in [-0.25, -0.2) is 0 Å². The number of hydrogen-bond acceptors (Lipinski definition) is 2. The van der Waals surface area contributed by atoms with Crippen LogP contribution < -0.4 is 0 Å². The van der Waals surface area contributed by atoms with Crippen LogP contribution in [0.15, 0.2) is 12.2 Å². The lowest BCUT2D eigenvalue weighted by atomic mass is 10.4. The van der Waals surface area contributed by atoms with Crippen molar-refractivity contribution in [3.05, 3.63) is 12.2 Å². The van der Waals surface area contributed by atoms with Crippen molar-refractivity contribution in [1.82, 2.24) is 0 Å². The summed E-state index contributed by atoms with van der Waals surface area (Å²) in [4.78, 5) is 0. The average Bonchev–Trinajstić information content (AvgIpc) is 1.99. The van der Waals surface area contributed by atoms with Gasteiger partial charge < -0.3 is 8.85 Å². The van der Waals surface area contributed by atoms with Gasteiger partial charge in [0.25, 0.3) is 0 Å². The second-order valence-corrected chi connectivity index (χ2v) is 4.43. The van der Waals surface area contributed by atoms with Crippen molar-refractivity contribution in [2.24, 2.45) is 0 Å². The van der Waals surface area contributed by atoms with Gasteiger partial charge in [-0.3, -0.25) is 0 Å². The van der Waals surface area contributed by atoms with E-state index < -0.39 is 9.28 Å². The van der Waals surface area contributed by atoms with Gasteiger partial charge in [0.15, 0.2) is 0 Å². The maximum atomic E-state index is 5.13. The second-order valence-electron chi connectivity index (χ2n) is 2.05. The van der Waals surface area contributed by atoms with Gasteiger partial charge in [-0.15, -0.1) is 0 Å². The Labute approximate surface area is 64.7 Å². The monoisotopic (exact) mass is 160 g/mol. The van der Waals surface area contributed by atoms with Crippen molar-refractivity contribution in [3.8, 4) is 0 Å². The zero-order valence-corrected chi connectivity index (χ0v) is 8.12. The first-order valence-corrected chi connectivity index (χ1v) is 5.27. The highest BCUT2D eigenvalue weighted by Gasteiger charge is 2.06. The smallest absolute Gasteiger partial charge is 0.321 e. The summed E-state index contributed by atoms with van der Waals surface area (Å²) in [6.45, 7) is 2.02. The van der Waals surface area contributed by atoms with Gasteiger partial charge in [0.2, 0.25) is 0 Å². The maximum absolute atomic E-state index is 5.13. The van der Waals surface area contributed by atoms with Gasteiger partial charge in [-0.05, 0) is 19.4 Å². The van der Waals surface area contributed by atoms with E-state index >= 15 is 0 Å². The molecule has 0 fully saturated rings. The Balaban J connectivity index is 3.25. The van der Waals surface area contributed by atoms with E-state index in [1.54, 1.807) is 14.2 Å². The largest absolute Gasteiger partial charge is 0.400 e. The van der Waals surface area contributed by atoms with Gasteiger partial charge in [-0.1, -0.05) is 12.2 Å². The quantitative estimate of drug-likeness (QED) is 0.448. The van der Waals surface area contributed by atoms with E-state index in [0.29, 0.717) is 0 Å². The van der Waals surface area contributed by atoms with Gasteiger partial charge in [-0.2, -0.15) is 0 Å². The van der Waals surface area contributed by atoms with Gasteiger partial charge >= 0.3 is 9.28 Å². The molecule has 0 unspecified atom stereocenters. The fourth-order valence-electron chi connectivity index (χ4n) is 0.731. The molecule has 0 aliphatic rings. The number of hydrogen-bond donors (Lipinski definition) is 0. The lowest BCUT2D eigenvalue weighted by Gasteiger charge is -2.07. The molecule has 0 amide bonds. The SMILES string of the molecule is CC=CCC[SiH](OC)OC. The molecule has 0 atom stereocenters. The minimum atomic E-state index is -1.27. The first kappa shape index (κ1) is 9.88. The van der Waals surface area contributed by atoms with E-state index in [9.17, 15) is 0 Å². The minimum Gasteiger partial charge on any atom is -0.400 e. The Morgan fingerprint density at radius 2 is 1.90 bits per heavy atom. The minimum absolute atomic E-state index is 1.07. The molecule has 0 rings (SSSR count). The van der Waals surface area contributed by atoms with E-state index in [-0.39, 0.29) is 0 Å². The Morgan fingerprint density at radius 3 is 2.30 bits per heavy atom. The fourth-order valence-corrected chi connectivity index (χ4v) is 1.86. The topological polar surface area (TPSA) is 18.5 Å². The van der Waals surface area contributed by atoms with E-state index in [2.05, 4.69) is 12.2 Å². The number of rotatable bonds is 5. The molecule has 60 valence electrons. The summed E-state index contributed by atoms with van der Waals surface area (Å²) < 4.78 is 10.3. The van der Waals surface area contributed by atoms with Crippen molar-refractivity contribution < 1.29 is 8.85 Å². The Kier molecular flexibility index (Phi) is 6.90. The Morgan fingerprint density at radius 1 is 1.30 bits per heavy atom. The molecule has 0 spiro atoms. The molecule has 0 radical (unpaired) electrons. The fraction of sp³-hybridized carbons (Fsp3) is 0.714. The van der Waals surface area contributed by atoms with Crippen LogP contribution in [0.5, 0.6) is 0 Å². The van der Waals surface area contributed by atoms with Crippen LogP contribution in [0, 0.1) is 0 Å². The predicted molar refractivity (Wildman–Crippen MR) is 45.4 cm³/mol. The normalized spacial score (nSPS) is 11.6. The van der Waals surface area contributed by atoms with Crippen LogP contribution in [0.1, 0.15) is 13.3 Å². The molecule has 0 aromatic rings. The van der Waals surface area contributed by atoms with Gasteiger partial charge in [0.1, 0.15) is 0 Å². The molecule has 0 saturated carbocycles. The second kappa shape index (κ2) is 6.99.